The number of nitro benzene ring substituents is 1. The Hall–Kier alpha value is -2.73. The molecule has 2 rings (SSSR count). The van der Waals surface area contributed by atoms with Crippen LogP contribution in [0.15, 0.2) is 54.6 Å². The van der Waals surface area contributed by atoms with Crippen molar-refractivity contribution in [2.75, 3.05) is 11.9 Å². The molecule has 0 fully saturated rings. The maximum Gasteiger partial charge on any atom is 0.269 e. The van der Waals surface area contributed by atoms with Gasteiger partial charge in [-0.3, -0.25) is 14.9 Å². The molecule has 0 heterocycles. The van der Waals surface area contributed by atoms with E-state index >= 15 is 0 Å². The number of anilines is 1. The number of hydrogen-bond donors (Lipinski definition) is 2. The molecule has 0 atom stereocenters. The Kier molecular flexibility index (Phi) is 5.00. The average Bonchev–Trinajstić information content (AvgIpc) is 2.49. The number of carbonyl (C=O) groups is 1. The van der Waals surface area contributed by atoms with E-state index in [1.165, 1.54) is 24.3 Å². The van der Waals surface area contributed by atoms with Crippen LogP contribution in [0.2, 0.25) is 0 Å². The predicted octanol–water partition coefficient (Wildman–Crippen LogP) is 2.32. The summed E-state index contributed by atoms with van der Waals surface area (Å²) in [5.41, 5.74) is 1.63. The zero-order valence-electron chi connectivity index (χ0n) is 11.3. The Morgan fingerprint density at radius 1 is 1.05 bits per heavy atom. The smallest absolute Gasteiger partial charge is 0.269 e. The van der Waals surface area contributed by atoms with Crippen molar-refractivity contribution < 1.29 is 9.72 Å². The lowest BCUT2D eigenvalue weighted by molar-refractivity contribution is -0.384. The number of hydrogen-bond acceptors (Lipinski definition) is 4. The molecule has 0 bridgehead atoms. The fraction of sp³-hybridized carbons (Fsp3) is 0.133. The molecule has 6 nitrogen and oxygen atoms in total. The number of nitrogens with one attached hydrogen (secondary N) is 2. The van der Waals surface area contributed by atoms with Crippen LogP contribution >= 0.6 is 0 Å². The van der Waals surface area contributed by atoms with Crippen LogP contribution in [0.4, 0.5) is 11.4 Å². The minimum Gasteiger partial charge on any atom is -0.325 e. The van der Waals surface area contributed by atoms with Gasteiger partial charge < -0.3 is 10.6 Å². The van der Waals surface area contributed by atoms with Gasteiger partial charge in [0.25, 0.3) is 5.69 Å². The molecule has 0 unspecified atom stereocenters. The lowest BCUT2D eigenvalue weighted by Crippen LogP contribution is -2.27. The van der Waals surface area contributed by atoms with Crippen LogP contribution in [-0.2, 0) is 11.3 Å². The monoisotopic (exact) mass is 285 g/mol. The molecule has 0 aliphatic rings. The zero-order valence-corrected chi connectivity index (χ0v) is 11.3. The molecule has 0 aliphatic heterocycles. The van der Waals surface area contributed by atoms with Gasteiger partial charge in [0, 0.05) is 24.4 Å². The number of amides is 1. The summed E-state index contributed by atoms with van der Waals surface area (Å²) in [6.45, 7) is 0.778. The Morgan fingerprint density at radius 2 is 1.71 bits per heavy atom. The first-order valence-electron chi connectivity index (χ1n) is 6.44. The maximum atomic E-state index is 11.7. The summed E-state index contributed by atoms with van der Waals surface area (Å²) in [5.74, 6) is -0.195. The second-order valence-electron chi connectivity index (χ2n) is 4.44. The summed E-state index contributed by atoms with van der Waals surface area (Å²) in [4.78, 5) is 21.8. The first-order valence-corrected chi connectivity index (χ1v) is 6.44. The topological polar surface area (TPSA) is 84.3 Å². The van der Waals surface area contributed by atoms with Gasteiger partial charge in [0.05, 0.1) is 11.5 Å². The van der Waals surface area contributed by atoms with E-state index in [0.29, 0.717) is 12.2 Å². The first-order chi connectivity index (χ1) is 10.1. The van der Waals surface area contributed by atoms with Gasteiger partial charge in [0.1, 0.15) is 0 Å². The standard InChI is InChI=1S/C15H15N3O3/c19-15(11-16-10-12-4-2-1-3-5-12)17-13-6-8-14(9-7-13)18(20)21/h1-9,16H,10-11H2,(H,17,19). The summed E-state index contributed by atoms with van der Waals surface area (Å²) in [7, 11) is 0. The van der Waals surface area contributed by atoms with E-state index in [1.807, 2.05) is 30.3 Å². The molecular weight excluding hydrogens is 270 g/mol. The van der Waals surface area contributed by atoms with E-state index in [4.69, 9.17) is 0 Å². The minimum atomic E-state index is -0.479. The van der Waals surface area contributed by atoms with Gasteiger partial charge in [-0.2, -0.15) is 0 Å². The molecule has 0 spiro atoms. The number of benzene rings is 2. The normalized spacial score (nSPS) is 10.1. The number of non-ortho nitro benzene ring substituents is 1. The van der Waals surface area contributed by atoms with E-state index in [1.54, 1.807) is 0 Å². The molecule has 0 saturated heterocycles. The Bertz CT molecular complexity index is 612. The number of rotatable bonds is 6. The lowest BCUT2D eigenvalue weighted by Gasteiger charge is -2.06. The van der Waals surface area contributed by atoms with Crippen molar-refractivity contribution in [2.45, 2.75) is 6.54 Å². The van der Waals surface area contributed by atoms with Crippen molar-refractivity contribution in [3.8, 4) is 0 Å². The van der Waals surface area contributed by atoms with Crippen molar-refractivity contribution in [3.63, 3.8) is 0 Å². The molecule has 0 radical (unpaired) electrons. The highest BCUT2D eigenvalue weighted by Crippen LogP contribution is 2.15. The first kappa shape index (κ1) is 14.7. The zero-order chi connectivity index (χ0) is 15.1. The molecule has 21 heavy (non-hydrogen) atoms. The molecular formula is C15H15N3O3. The lowest BCUT2D eigenvalue weighted by atomic mass is 10.2. The van der Waals surface area contributed by atoms with Crippen molar-refractivity contribution in [2.24, 2.45) is 0 Å². The SMILES string of the molecule is O=C(CNCc1ccccc1)Nc1ccc([N+](=O)[O-])cc1. The van der Waals surface area contributed by atoms with Gasteiger partial charge in [-0.05, 0) is 17.7 Å². The fourth-order valence-electron chi connectivity index (χ4n) is 1.79. The van der Waals surface area contributed by atoms with Gasteiger partial charge in [0.2, 0.25) is 5.91 Å². The van der Waals surface area contributed by atoms with Crippen LogP contribution in [-0.4, -0.2) is 17.4 Å². The predicted molar refractivity (Wildman–Crippen MR) is 79.9 cm³/mol. The summed E-state index contributed by atoms with van der Waals surface area (Å²) in [5, 5.41) is 16.2. The number of nitrogens with zero attached hydrogens (tertiary/aromatic N) is 1. The maximum absolute atomic E-state index is 11.7. The third-order valence-corrected chi connectivity index (χ3v) is 2.82. The third-order valence-electron chi connectivity index (χ3n) is 2.82. The van der Waals surface area contributed by atoms with Crippen molar-refractivity contribution in [3.05, 3.63) is 70.3 Å². The molecule has 0 aliphatic carbocycles. The van der Waals surface area contributed by atoms with Crippen LogP contribution < -0.4 is 10.6 Å². The molecule has 1 amide bonds. The Labute approximate surface area is 121 Å². The summed E-state index contributed by atoms with van der Waals surface area (Å²) in [6, 6.07) is 15.5. The molecule has 108 valence electrons. The number of nitro groups is 1. The van der Waals surface area contributed by atoms with Crippen LogP contribution in [0.5, 0.6) is 0 Å². The quantitative estimate of drug-likeness (QED) is 0.630. The largest absolute Gasteiger partial charge is 0.325 e. The van der Waals surface area contributed by atoms with Crippen LogP contribution in [0.25, 0.3) is 0 Å². The molecule has 0 aromatic heterocycles. The summed E-state index contributed by atoms with van der Waals surface area (Å²) in [6.07, 6.45) is 0. The third kappa shape index (κ3) is 4.70. The molecule has 2 aromatic rings. The van der Waals surface area contributed by atoms with E-state index in [9.17, 15) is 14.9 Å². The minimum absolute atomic E-state index is 0.00444. The van der Waals surface area contributed by atoms with E-state index in [0.717, 1.165) is 5.56 Å². The van der Waals surface area contributed by atoms with Gasteiger partial charge in [-0.1, -0.05) is 30.3 Å². The fourth-order valence-corrected chi connectivity index (χ4v) is 1.79. The molecule has 2 N–H and O–H groups in total. The summed E-state index contributed by atoms with van der Waals surface area (Å²) < 4.78 is 0. The van der Waals surface area contributed by atoms with Gasteiger partial charge >= 0.3 is 0 Å². The van der Waals surface area contributed by atoms with Crippen molar-refractivity contribution in [1.29, 1.82) is 0 Å². The van der Waals surface area contributed by atoms with Crippen LogP contribution in [0.1, 0.15) is 5.56 Å². The van der Waals surface area contributed by atoms with E-state index in [2.05, 4.69) is 10.6 Å². The summed E-state index contributed by atoms with van der Waals surface area (Å²) >= 11 is 0. The van der Waals surface area contributed by atoms with Crippen molar-refractivity contribution in [1.82, 2.24) is 5.32 Å². The second kappa shape index (κ2) is 7.16. The average molecular weight is 285 g/mol. The highest BCUT2D eigenvalue weighted by atomic mass is 16.6. The van der Waals surface area contributed by atoms with E-state index in [-0.39, 0.29) is 18.1 Å². The van der Waals surface area contributed by atoms with Gasteiger partial charge in [-0.25, -0.2) is 0 Å². The van der Waals surface area contributed by atoms with Crippen molar-refractivity contribution >= 4 is 17.3 Å². The van der Waals surface area contributed by atoms with Gasteiger partial charge in [-0.15, -0.1) is 0 Å². The molecule has 0 saturated carbocycles. The Balaban J connectivity index is 1.78. The number of carbonyl (C=O) groups excluding carboxylic acids is 1. The molecule has 2 aromatic carbocycles. The van der Waals surface area contributed by atoms with E-state index < -0.39 is 4.92 Å². The van der Waals surface area contributed by atoms with Crippen LogP contribution in [0, 0.1) is 10.1 Å². The highest BCUT2D eigenvalue weighted by Gasteiger charge is 2.06. The second-order valence-corrected chi connectivity index (χ2v) is 4.44. The van der Waals surface area contributed by atoms with Gasteiger partial charge in [0.15, 0.2) is 0 Å². The Morgan fingerprint density at radius 3 is 2.33 bits per heavy atom. The highest BCUT2D eigenvalue weighted by molar-refractivity contribution is 5.92. The van der Waals surface area contributed by atoms with Crippen LogP contribution in [0.3, 0.4) is 0 Å². The molecule has 6 heteroatoms.